The monoisotopic (exact) mass is 418 g/mol. The van der Waals surface area contributed by atoms with Gasteiger partial charge in [-0.25, -0.2) is 0 Å². The lowest BCUT2D eigenvalue weighted by molar-refractivity contribution is -0.147. The minimum Gasteiger partial charge on any atom is -0.375 e. The van der Waals surface area contributed by atoms with E-state index in [4.69, 9.17) is 0 Å². The van der Waals surface area contributed by atoms with Crippen molar-refractivity contribution in [1.29, 1.82) is 0 Å². The molecule has 4 heteroatoms. The lowest BCUT2D eigenvalue weighted by atomic mass is 9.79. The zero-order valence-electron chi connectivity index (χ0n) is 18.2. The Hall–Kier alpha value is -2.17. The minimum atomic E-state index is -1.40. The third-order valence-corrected chi connectivity index (χ3v) is 8.01. The van der Waals surface area contributed by atoms with Gasteiger partial charge in [-0.1, -0.05) is 73.5 Å². The summed E-state index contributed by atoms with van der Waals surface area (Å²) in [4.78, 5) is 15.8. The van der Waals surface area contributed by atoms with Crippen LogP contribution in [0.5, 0.6) is 0 Å². The molecule has 2 N–H and O–H groups in total. The number of fused-ring (bicyclic) bond motifs is 1. The van der Waals surface area contributed by atoms with Gasteiger partial charge in [0.05, 0.1) is 0 Å². The molecule has 2 aromatic rings. The van der Waals surface area contributed by atoms with Gasteiger partial charge in [0.1, 0.15) is 0 Å². The second-order valence-electron chi connectivity index (χ2n) is 9.81. The number of carbonyl (C=O) groups excluding carboxylic acids is 1. The Bertz CT molecular complexity index is 869. The number of benzene rings is 2. The van der Waals surface area contributed by atoms with E-state index >= 15 is 0 Å². The predicted octanol–water partition coefficient (Wildman–Crippen LogP) is 3.60. The third kappa shape index (κ3) is 4.16. The molecule has 2 saturated carbocycles. The predicted molar refractivity (Wildman–Crippen MR) is 122 cm³/mol. The highest BCUT2D eigenvalue weighted by molar-refractivity contribution is 5.86. The maximum atomic E-state index is 13.3. The molecule has 1 aliphatic heterocycles. The molecule has 4 nitrogen and oxygen atoms in total. The van der Waals surface area contributed by atoms with Gasteiger partial charge >= 0.3 is 0 Å². The van der Waals surface area contributed by atoms with E-state index in [9.17, 15) is 9.90 Å². The molecule has 31 heavy (non-hydrogen) atoms. The van der Waals surface area contributed by atoms with Gasteiger partial charge in [-0.2, -0.15) is 0 Å². The molecule has 3 aliphatic rings. The van der Waals surface area contributed by atoms with Gasteiger partial charge in [-0.3, -0.25) is 4.79 Å². The number of piperidine rings is 1. The molecule has 0 bridgehead atoms. The number of nitrogens with one attached hydrogen (secondary N) is 1. The molecule has 1 amide bonds. The molecular weight excluding hydrogens is 384 g/mol. The van der Waals surface area contributed by atoms with Crippen molar-refractivity contribution in [2.75, 3.05) is 26.2 Å². The molecule has 0 radical (unpaired) electrons. The second-order valence-corrected chi connectivity index (χ2v) is 9.81. The first-order chi connectivity index (χ1) is 15.2. The summed E-state index contributed by atoms with van der Waals surface area (Å²) in [5, 5.41) is 14.7. The molecule has 164 valence electrons. The van der Waals surface area contributed by atoms with Gasteiger partial charge in [-0.15, -0.1) is 0 Å². The number of aliphatic hydroxyl groups is 1. The first-order valence-electron chi connectivity index (χ1n) is 12.0. The van der Waals surface area contributed by atoms with Crippen molar-refractivity contribution in [2.24, 2.45) is 23.7 Å². The number of hydrogen-bond donors (Lipinski definition) is 2. The molecule has 3 atom stereocenters. The summed E-state index contributed by atoms with van der Waals surface area (Å²) in [5.74, 6) is 1.79. The summed E-state index contributed by atoms with van der Waals surface area (Å²) in [5.41, 5.74) is 0.741. The van der Waals surface area contributed by atoms with Crippen molar-refractivity contribution < 1.29 is 9.90 Å². The highest BCUT2D eigenvalue weighted by atomic mass is 16.3. The van der Waals surface area contributed by atoms with Crippen LogP contribution in [0.25, 0.3) is 0 Å². The number of carbonyl (C=O) groups is 1. The van der Waals surface area contributed by atoms with Crippen LogP contribution in [0.4, 0.5) is 0 Å². The Morgan fingerprint density at radius 1 is 0.968 bits per heavy atom. The minimum absolute atomic E-state index is 0.0158. The fourth-order valence-electron chi connectivity index (χ4n) is 6.09. The molecule has 2 aliphatic carbocycles. The highest BCUT2D eigenvalue weighted by Crippen LogP contribution is 2.51. The van der Waals surface area contributed by atoms with Crippen LogP contribution in [0.2, 0.25) is 0 Å². The third-order valence-electron chi connectivity index (χ3n) is 8.01. The van der Waals surface area contributed by atoms with Crippen LogP contribution in [0, 0.1) is 23.7 Å². The summed E-state index contributed by atoms with van der Waals surface area (Å²) < 4.78 is 0. The number of amides is 1. The van der Waals surface area contributed by atoms with E-state index in [0.717, 1.165) is 57.3 Å². The summed E-state index contributed by atoms with van der Waals surface area (Å²) >= 11 is 0. The Morgan fingerprint density at radius 2 is 1.58 bits per heavy atom. The first kappa shape index (κ1) is 20.7. The Balaban J connectivity index is 1.13. The van der Waals surface area contributed by atoms with Gasteiger partial charge in [0, 0.05) is 32.1 Å². The maximum absolute atomic E-state index is 13.3. The van der Waals surface area contributed by atoms with Crippen LogP contribution >= 0.6 is 0 Å². The van der Waals surface area contributed by atoms with E-state index in [1.165, 1.54) is 5.56 Å². The molecule has 3 fully saturated rings. The zero-order valence-corrected chi connectivity index (χ0v) is 18.2. The Kier molecular flexibility index (Phi) is 5.85. The van der Waals surface area contributed by atoms with Gasteiger partial charge in [0.25, 0.3) is 5.91 Å². The largest absolute Gasteiger partial charge is 0.375 e. The van der Waals surface area contributed by atoms with Crippen LogP contribution in [-0.2, 0) is 16.8 Å². The summed E-state index contributed by atoms with van der Waals surface area (Å²) in [7, 11) is 0. The quantitative estimate of drug-likeness (QED) is 0.689. The number of nitrogens with zero attached hydrogens (tertiary/aromatic N) is 1. The molecule has 0 spiro atoms. The Labute approximate surface area is 185 Å². The molecule has 0 aromatic heterocycles. The molecule has 1 saturated heterocycles. The molecule has 5 rings (SSSR count). The average Bonchev–Trinajstić information content (AvgIpc) is 3.22. The normalized spacial score (nSPS) is 27.6. The average molecular weight is 419 g/mol. The van der Waals surface area contributed by atoms with Crippen molar-refractivity contribution in [3.05, 3.63) is 71.8 Å². The van der Waals surface area contributed by atoms with Crippen molar-refractivity contribution >= 4 is 5.91 Å². The van der Waals surface area contributed by atoms with Gasteiger partial charge in [0.2, 0.25) is 0 Å². The summed E-state index contributed by atoms with van der Waals surface area (Å²) in [6, 6.07) is 20.2. The van der Waals surface area contributed by atoms with Gasteiger partial charge in [-0.05, 0) is 48.1 Å². The molecule has 3 unspecified atom stereocenters. The van der Waals surface area contributed by atoms with Crippen LogP contribution in [-0.4, -0.2) is 42.1 Å². The van der Waals surface area contributed by atoms with Crippen LogP contribution in [0.3, 0.4) is 0 Å². The number of hydrogen-bond acceptors (Lipinski definition) is 3. The second kappa shape index (κ2) is 8.76. The van der Waals surface area contributed by atoms with E-state index in [1.807, 2.05) is 30.3 Å². The van der Waals surface area contributed by atoms with E-state index in [1.54, 1.807) is 0 Å². The topological polar surface area (TPSA) is 52.6 Å². The zero-order chi connectivity index (χ0) is 21.3. The highest BCUT2D eigenvalue weighted by Gasteiger charge is 2.55. The maximum Gasteiger partial charge on any atom is 0.256 e. The molecule has 1 heterocycles. The van der Waals surface area contributed by atoms with Crippen molar-refractivity contribution in [2.45, 2.75) is 37.7 Å². The van der Waals surface area contributed by atoms with Crippen molar-refractivity contribution in [3.63, 3.8) is 0 Å². The van der Waals surface area contributed by atoms with Crippen LogP contribution < -0.4 is 5.32 Å². The number of rotatable bonds is 8. The van der Waals surface area contributed by atoms with E-state index in [-0.39, 0.29) is 11.8 Å². The Morgan fingerprint density at radius 3 is 2.23 bits per heavy atom. The number of likely N-dealkylation sites (tertiary alicyclic amines) is 1. The van der Waals surface area contributed by atoms with Crippen molar-refractivity contribution in [3.8, 4) is 0 Å². The summed E-state index contributed by atoms with van der Waals surface area (Å²) in [6.45, 7) is 4.10. The fraction of sp³-hybridized carbons (Fsp3) is 0.519. The standard InChI is InChI=1S/C27H34N2O2/c30-26(27(31,22-13-7-8-14-22)21-11-5-2-6-12-21)28-17-23-24-18-29(19-25(23)24)16-15-20-9-3-1-4-10-20/h1-6,9-12,22-25,31H,7-8,13-19H2,(H,28,30). The van der Waals surface area contributed by atoms with Crippen LogP contribution in [0.1, 0.15) is 36.8 Å². The molecular formula is C27H34N2O2. The first-order valence-corrected chi connectivity index (χ1v) is 12.0. The van der Waals surface area contributed by atoms with E-state index in [2.05, 4.69) is 40.5 Å². The van der Waals surface area contributed by atoms with Gasteiger partial charge < -0.3 is 15.3 Å². The van der Waals surface area contributed by atoms with Crippen LogP contribution in [0.15, 0.2) is 60.7 Å². The van der Waals surface area contributed by atoms with E-state index in [0.29, 0.717) is 24.3 Å². The van der Waals surface area contributed by atoms with E-state index < -0.39 is 5.60 Å². The molecule has 2 aromatic carbocycles. The lowest BCUT2D eigenvalue weighted by Crippen LogP contribution is -2.49. The lowest BCUT2D eigenvalue weighted by Gasteiger charge is -2.33. The van der Waals surface area contributed by atoms with Crippen molar-refractivity contribution in [1.82, 2.24) is 10.2 Å². The SMILES string of the molecule is O=C(NCC1C2CN(CCc3ccccc3)CC12)C(O)(c1ccccc1)C1CCCC1. The summed E-state index contributed by atoms with van der Waals surface area (Å²) in [6.07, 6.45) is 5.14. The fourth-order valence-corrected chi connectivity index (χ4v) is 6.09. The smallest absolute Gasteiger partial charge is 0.256 e. The van der Waals surface area contributed by atoms with Gasteiger partial charge in [0.15, 0.2) is 5.60 Å².